The Labute approximate surface area is 302 Å². The Bertz CT molecular complexity index is 1690. The Balaban J connectivity index is 1.91. The summed E-state index contributed by atoms with van der Waals surface area (Å²) in [4.78, 5) is 65.2. The molecule has 0 aliphatic rings. The highest BCUT2D eigenvalue weighted by Gasteiger charge is 2.45. The van der Waals surface area contributed by atoms with Gasteiger partial charge in [-0.2, -0.15) is 13.2 Å². The van der Waals surface area contributed by atoms with Gasteiger partial charge in [-0.25, -0.2) is 4.79 Å². The van der Waals surface area contributed by atoms with Gasteiger partial charge in [0.1, 0.15) is 23.4 Å². The van der Waals surface area contributed by atoms with Crippen LogP contribution >= 0.6 is 22.9 Å². The Morgan fingerprint density at radius 1 is 0.824 bits per heavy atom. The summed E-state index contributed by atoms with van der Waals surface area (Å²) in [5, 5.41) is 10.0. The van der Waals surface area contributed by atoms with Crippen molar-refractivity contribution >= 4 is 52.5 Å². The second-order valence-corrected chi connectivity index (χ2v) is 14.5. The van der Waals surface area contributed by atoms with Crippen LogP contribution in [0.5, 0.6) is 5.75 Å². The number of hydrogen-bond acceptors (Lipinski definition) is 8. The lowest BCUT2D eigenvalue weighted by molar-refractivity contribution is -0.175. The third-order valence-corrected chi connectivity index (χ3v) is 8.47. The highest BCUT2D eigenvalue weighted by atomic mass is 35.5. The fourth-order valence-corrected chi connectivity index (χ4v) is 5.63. The Hall–Kier alpha value is -4.63. The predicted octanol–water partition coefficient (Wildman–Crippen LogP) is 5.91. The van der Waals surface area contributed by atoms with E-state index in [1.54, 1.807) is 45.0 Å². The van der Waals surface area contributed by atoms with Gasteiger partial charge in [-0.3, -0.25) is 19.2 Å². The number of carbonyl (C=O) groups excluding carboxylic acids is 5. The zero-order valence-corrected chi connectivity index (χ0v) is 30.3. The van der Waals surface area contributed by atoms with Crippen LogP contribution in [0.25, 0.3) is 0 Å². The number of ether oxygens (including phenoxy) is 2. The molecule has 2 aromatic carbocycles. The second kappa shape index (κ2) is 17.5. The molecule has 0 saturated heterocycles. The van der Waals surface area contributed by atoms with Crippen LogP contribution in [0.2, 0.25) is 4.34 Å². The molecule has 0 bridgehead atoms. The molecular weight excluding hydrogens is 713 g/mol. The third kappa shape index (κ3) is 12.6. The van der Waals surface area contributed by atoms with E-state index in [1.807, 2.05) is 0 Å². The van der Waals surface area contributed by atoms with Gasteiger partial charge in [0, 0.05) is 13.0 Å². The van der Waals surface area contributed by atoms with Gasteiger partial charge in [-0.05, 0) is 67.6 Å². The van der Waals surface area contributed by atoms with Crippen LogP contribution in [-0.4, -0.2) is 60.6 Å². The predicted molar refractivity (Wildman–Crippen MR) is 186 cm³/mol. The summed E-state index contributed by atoms with van der Waals surface area (Å²) in [6.45, 7) is 8.06. The molecule has 16 heteroatoms. The first-order chi connectivity index (χ1) is 23.8. The molecule has 4 N–H and O–H groups in total. The van der Waals surface area contributed by atoms with E-state index in [2.05, 4.69) is 21.3 Å². The van der Waals surface area contributed by atoms with Gasteiger partial charge in [0.15, 0.2) is 0 Å². The van der Waals surface area contributed by atoms with Crippen molar-refractivity contribution in [1.29, 1.82) is 0 Å². The highest BCUT2D eigenvalue weighted by molar-refractivity contribution is 7.18. The summed E-state index contributed by atoms with van der Waals surface area (Å²) in [7, 11) is 1.41. The molecule has 0 aliphatic heterocycles. The minimum Gasteiger partial charge on any atom is -0.497 e. The smallest absolute Gasteiger partial charge is 0.452 e. The maximum absolute atomic E-state index is 13.9. The molecule has 11 nitrogen and oxygen atoms in total. The van der Waals surface area contributed by atoms with Crippen LogP contribution in [0.15, 0.2) is 60.7 Å². The van der Waals surface area contributed by atoms with E-state index in [-0.39, 0.29) is 23.4 Å². The normalized spacial score (nSPS) is 13.4. The summed E-state index contributed by atoms with van der Waals surface area (Å²) < 4.78 is 51.0. The Kier molecular flexibility index (Phi) is 14.0. The van der Waals surface area contributed by atoms with Crippen molar-refractivity contribution in [2.45, 2.75) is 77.5 Å². The van der Waals surface area contributed by atoms with E-state index >= 15 is 0 Å². The highest BCUT2D eigenvalue weighted by Crippen LogP contribution is 2.24. The molecule has 276 valence electrons. The molecule has 0 aliphatic carbocycles. The van der Waals surface area contributed by atoms with Crippen LogP contribution < -0.4 is 26.0 Å². The first kappa shape index (κ1) is 40.8. The number of methoxy groups -OCH3 is 1. The number of thiophene rings is 1. The maximum Gasteiger partial charge on any atom is 0.452 e. The molecule has 0 radical (unpaired) electrons. The molecule has 3 atom stereocenters. The SMILES string of the molecule is COc1ccc([C@H](NC(=O)[C@H](Cc2ccc(CNC(=O)OC(C)(C)C)cc2)NC(=O)c2ccc(Cl)s2)C(=O)N[C@H](C(=O)C(F)(F)F)C(C)C)cc1. The lowest BCUT2D eigenvalue weighted by atomic mass is 9.97. The summed E-state index contributed by atoms with van der Waals surface area (Å²) in [5.74, 6) is -5.24. The average Bonchev–Trinajstić information content (AvgIpc) is 3.50. The molecule has 51 heavy (non-hydrogen) atoms. The van der Waals surface area contributed by atoms with Crippen LogP contribution in [-0.2, 0) is 32.1 Å². The van der Waals surface area contributed by atoms with E-state index in [4.69, 9.17) is 21.1 Å². The molecule has 3 aromatic rings. The van der Waals surface area contributed by atoms with Crippen molar-refractivity contribution < 1.29 is 46.6 Å². The van der Waals surface area contributed by atoms with Crippen molar-refractivity contribution in [2.75, 3.05) is 7.11 Å². The molecule has 0 fully saturated rings. The molecule has 4 amide bonds. The zero-order chi connectivity index (χ0) is 38.1. The van der Waals surface area contributed by atoms with Crippen molar-refractivity contribution in [3.05, 3.63) is 86.6 Å². The van der Waals surface area contributed by atoms with Gasteiger partial charge in [0.2, 0.25) is 11.8 Å². The minimum absolute atomic E-state index is 0.0748. The van der Waals surface area contributed by atoms with Gasteiger partial charge in [0.25, 0.3) is 11.7 Å². The zero-order valence-electron chi connectivity index (χ0n) is 28.8. The van der Waals surface area contributed by atoms with E-state index in [0.29, 0.717) is 21.2 Å². The number of ketones is 1. The quantitative estimate of drug-likeness (QED) is 0.160. The standard InChI is InChI=1S/C35H40ClF3N4O7S/c1-19(2)27(29(44)35(37,38)39)42-32(47)28(22-11-13-23(49-6)14-12-22)43-30(45)24(41-31(46)25-15-16-26(36)51-25)17-20-7-9-21(10-8-20)18-40-33(48)50-34(3,4)5/h7-16,19,24,27-28H,17-18H2,1-6H3,(H,40,48)(H,41,46)(H,42,47)(H,43,45)/t24-,27-,28-/m0/s1. The monoisotopic (exact) mass is 752 g/mol. The molecule has 0 saturated carbocycles. The largest absolute Gasteiger partial charge is 0.497 e. The second-order valence-electron chi connectivity index (χ2n) is 12.8. The van der Waals surface area contributed by atoms with E-state index in [1.165, 1.54) is 57.4 Å². The van der Waals surface area contributed by atoms with Crippen LogP contribution in [0.3, 0.4) is 0 Å². The average molecular weight is 753 g/mol. The van der Waals surface area contributed by atoms with Gasteiger partial charge in [0.05, 0.1) is 22.4 Å². The maximum atomic E-state index is 13.9. The number of nitrogens with one attached hydrogen (secondary N) is 4. The number of amides is 4. The van der Waals surface area contributed by atoms with Crippen molar-refractivity contribution in [1.82, 2.24) is 21.3 Å². The van der Waals surface area contributed by atoms with Crippen molar-refractivity contribution in [3.8, 4) is 5.75 Å². The molecule has 0 unspecified atom stereocenters. The van der Waals surface area contributed by atoms with Crippen molar-refractivity contribution in [2.24, 2.45) is 5.92 Å². The number of benzene rings is 2. The number of Topliss-reactive ketones (excluding diaryl/α,β-unsaturated/α-hetero) is 1. The number of alkyl carbamates (subject to hydrolysis) is 1. The molecular formula is C35H40ClF3N4O7S. The van der Waals surface area contributed by atoms with Gasteiger partial charge < -0.3 is 30.7 Å². The number of carbonyl (C=O) groups is 5. The fourth-order valence-electron chi connectivity index (χ4n) is 4.68. The summed E-state index contributed by atoms with van der Waals surface area (Å²) in [5.41, 5.74) is 0.793. The molecule has 1 aromatic heterocycles. The number of hydrogen-bond donors (Lipinski definition) is 4. The first-order valence-corrected chi connectivity index (χ1v) is 16.9. The lowest BCUT2D eigenvalue weighted by Crippen LogP contribution is -2.55. The van der Waals surface area contributed by atoms with Crippen molar-refractivity contribution in [3.63, 3.8) is 0 Å². The van der Waals surface area contributed by atoms with Crippen LogP contribution in [0.4, 0.5) is 18.0 Å². The lowest BCUT2D eigenvalue weighted by Gasteiger charge is -2.27. The number of rotatable bonds is 14. The first-order valence-electron chi connectivity index (χ1n) is 15.7. The van der Waals surface area contributed by atoms with E-state index < -0.39 is 65.4 Å². The minimum atomic E-state index is -5.22. The molecule has 0 spiro atoms. The topological polar surface area (TPSA) is 152 Å². The van der Waals surface area contributed by atoms with E-state index in [9.17, 15) is 37.1 Å². The van der Waals surface area contributed by atoms with E-state index in [0.717, 1.165) is 11.3 Å². The van der Waals surface area contributed by atoms with Gasteiger partial charge >= 0.3 is 12.3 Å². The summed E-state index contributed by atoms with van der Waals surface area (Å²) in [6.07, 6.45) is -5.89. The number of alkyl halides is 3. The van der Waals surface area contributed by atoms with Crippen LogP contribution in [0.1, 0.15) is 67.0 Å². The van der Waals surface area contributed by atoms with Crippen LogP contribution in [0, 0.1) is 5.92 Å². The number of halogens is 4. The van der Waals surface area contributed by atoms with Gasteiger partial charge in [-0.15, -0.1) is 11.3 Å². The third-order valence-electron chi connectivity index (χ3n) is 7.24. The Morgan fingerprint density at radius 3 is 1.94 bits per heavy atom. The van der Waals surface area contributed by atoms with Gasteiger partial charge in [-0.1, -0.05) is 61.8 Å². The summed E-state index contributed by atoms with van der Waals surface area (Å²) >= 11 is 6.99. The molecule has 1 heterocycles. The summed E-state index contributed by atoms with van der Waals surface area (Å²) in [6, 6.07) is 10.8. The fraction of sp³-hybridized carbons (Fsp3) is 0.400. The Morgan fingerprint density at radius 2 is 1.43 bits per heavy atom. The molecule has 3 rings (SSSR count).